The van der Waals surface area contributed by atoms with E-state index in [0.717, 1.165) is 114 Å². The lowest BCUT2D eigenvalue weighted by Gasteiger charge is -2.16. The zero-order chi connectivity index (χ0) is 42.1. The SMILES string of the molecule is C1=Cc2c(c3c(n2-c2cccc(-c4nc(-c5ccccc5)nc(-c5cccc(-c6nc7ccccc7c7c(-c8ccccc8)c8c(cc67)oc6ccccc68)c5)n4)c2)C=CCC3)CC1. The summed E-state index contributed by atoms with van der Waals surface area (Å²) in [6, 6.07) is 56.9. The molecule has 6 nitrogen and oxygen atoms in total. The van der Waals surface area contributed by atoms with Gasteiger partial charge in [0.1, 0.15) is 11.2 Å². The van der Waals surface area contributed by atoms with Gasteiger partial charge in [0.2, 0.25) is 0 Å². The van der Waals surface area contributed by atoms with Gasteiger partial charge in [-0.2, -0.15) is 0 Å². The van der Waals surface area contributed by atoms with Crippen molar-refractivity contribution in [2.24, 2.45) is 0 Å². The van der Waals surface area contributed by atoms with E-state index in [9.17, 15) is 0 Å². The van der Waals surface area contributed by atoms with Crippen molar-refractivity contribution in [3.63, 3.8) is 0 Å². The lowest BCUT2D eigenvalue weighted by molar-refractivity contribution is 0.669. The average Bonchev–Trinajstić information content (AvgIpc) is 3.91. The highest BCUT2D eigenvalue weighted by atomic mass is 16.3. The van der Waals surface area contributed by atoms with Crippen LogP contribution in [0.4, 0.5) is 0 Å². The van der Waals surface area contributed by atoms with Crippen molar-refractivity contribution in [1.29, 1.82) is 0 Å². The highest BCUT2D eigenvalue weighted by molar-refractivity contribution is 6.27. The summed E-state index contributed by atoms with van der Waals surface area (Å²) < 4.78 is 9.08. The molecule has 0 amide bonds. The molecule has 0 N–H and O–H groups in total. The third kappa shape index (κ3) is 5.87. The second-order valence-electron chi connectivity index (χ2n) is 16.7. The van der Waals surface area contributed by atoms with E-state index in [4.69, 9.17) is 24.4 Å². The molecule has 11 aromatic rings. The molecule has 0 bridgehead atoms. The number of nitrogens with zero attached hydrogens (tertiary/aromatic N) is 5. The van der Waals surface area contributed by atoms with Crippen LogP contribution in [-0.2, 0) is 12.8 Å². The van der Waals surface area contributed by atoms with Crippen LogP contribution in [0.3, 0.4) is 0 Å². The third-order valence-corrected chi connectivity index (χ3v) is 13.0. The number of hydrogen-bond acceptors (Lipinski definition) is 5. The summed E-state index contributed by atoms with van der Waals surface area (Å²) in [6.07, 6.45) is 13.5. The number of hydrogen-bond donors (Lipinski definition) is 0. The van der Waals surface area contributed by atoms with Gasteiger partial charge in [-0.1, -0.05) is 140 Å². The fourth-order valence-corrected chi connectivity index (χ4v) is 10.1. The Kier molecular flexibility index (Phi) is 8.37. The predicted octanol–water partition coefficient (Wildman–Crippen LogP) is 14.5. The Bertz CT molecular complexity index is 3690. The van der Waals surface area contributed by atoms with Crippen molar-refractivity contribution in [3.05, 3.63) is 198 Å². The molecular weight excluding hydrogens is 783 g/mol. The van der Waals surface area contributed by atoms with Gasteiger partial charge in [0.05, 0.1) is 11.2 Å². The first-order valence-electron chi connectivity index (χ1n) is 22.1. The van der Waals surface area contributed by atoms with E-state index in [-0.39, 0.29) is 0 Å². The lowest BCUT2D eigenvalue weighted by Crippen LogP contribution is -2.04. The van der Waals surface area contributed by atoms with Crippen LogP contribution in [-0.4, -0.2) is 24.5 Å². The molecule has 4 heterocycles. The number of pyridine rings is 1. The first-order chi connectivity index (χ1) is 31.7. The fourth-order valence-electron chi connectivity index (χ4n) is 10.1. The first kappa shape index (κ1) is 36.4. The molecule has 0 unspecified atom stereocenters. The monoisotopic (exact) mass is 821 g/mol. The zero-order valence-corrected chi connectivity index (χ0v) is 34.9. The van der Waals surface area contributed by atoms with Crippen molar-refractivity contribution in [2.75, 3.05) is 0 Å². The van der Waals surface area contributed by atoms with E-state index < -0.39 is 0 Å². The Morgan fingerprint density at radius 1 is 0.422 bits per heavy atom. The summed E-state index contributed by atoms with van der Waals surface area (Å²) in [5.74, 6) is 1.82. The highest BCUT2D eigenvalue weighted by Gasteiger charge is 2.25. The Labute approximate surface area is 369 Å². The molecule has 0 fully saturated rings. The molecule has 0 aliphatic heterocycles. The third-order valence-electron chi connectivity index (χ3n) is 13.0. The minimum Gasteiger partial charge on any atom is -0.456 e. The van der Waals surface area contributed by atoms with Crippen LogP contribution in [0.5, 0.6) is 0 Å². The van der Waals surface area contributed by atoms with E-state index in [0.29, 0.717) is 17.5 Å². The number of furan rings is 1. The molecule has 4 aromatic heterocycles. The maximum absolute atomic E-state index is 6.65. The number of aromatic nitrogens is 5. The van der Waals surface area contributed by atoms with Crippen LogP contribution in [0.2, 0.25) is 0 Å². The highest BCUT2D eigenvalue weighted by Crippen LogP contribution is 2.46. The van der Waals surface area contributed by atoms with Gasteiger partial charge in [0, 0.05) is 71.8 Å². The van der Waals surface area contributed by atoms with E-state index in [1.807, 2.05) is 30.3 Å². The van der Waals surface area contributed by atoms with Crippen LogP contribution in [0.1, 0.15) is 35.4 Å². The zero-order valence-electron chi connectivity index (χ0n) is 34.9. The lowest BCUT2D eigenvalue weighted by atomic mass is 9.89. The van der Waals surface area contributed by atoms with Crippen molar-refractivity contribution < 1.29 is 4.42 Å². The van der Waals surface area contributed by atoms with Crippen molar-refractivity contribution in [3.8, 4) is 62.2 Å². The Hall–Kier alpha value is -8.22. The number of allylic oxidation sites excluding steroid dienone is 2. The summed E-state index contributed by atoms with van der Waals surface area (Å²) in [7, 11) is 0. The minimum atomic E-state index is 0.590. The van der Waals surface area contributed by atoms with E-state index >= 15 is 0 Å². The van der Waals surface area contributed by atoms with E-state index in [1.165, 1.54) is 22.5 Å². The first-order valence-corrected chi connectivity index (χ1v) is 22.1. The molecule has 64 heavy (non-hydrogen) atoms. The van der Waals surface area contributed by atoms with Crippen LogP contribution in [0.25, 0.3) is 118 Å². The van der Waals surface area contributed by atoms with Gasteiger partial charge in [-0.05, 0) is 90.9 Å². The van der Waals surface area contributed by atoms with Gasteiger partial charge in [-0.3, -0.25) is 0 Å². The summed E-state index contributed by atoms with van der Waals surface area (Å²) in [5, 5.41) is 5.44. The topological polar surface area (TPSA) is 69.6 Å². The average molecular weight is 822 g/mol. The molecule has 0 saturated heterocycles. The number of benzene rings is 7. The smallest absolute Gasteiger partial charge is 0.164 e. The van der Waals surface area contributed by atoms with Gasteiger partial charge in [0.15, 0.2) is 17.5 Å². The maximum atomic E-state index is 6.65. The van der Waals surface area contributed by atoms with Gasteiger partial charge in [-0.15, -0.1) is 0 Å². The molecule has 13 rings (SSSR count). The normalized spacial score (nSPS) is 13.2. The summed E-state index contributed by atoms with van der Waals surface area (Å²) in [5.41, 5.74) is 16.0. The van der Waals surface area contributed by atoms with Crippen molar-refractivity contribution in [1.82, 2.24) is 24.5 Å². The summed E-state index contributed by atoms with van der Waals surface area (Å²) in [4.78, 5) is 21.0. The quantitative estimate of drug-likeness (QED) is 0.156. The number of fused-ring (bicyclic) bond motifs is 9. The number of rotatable bonds is 6. The Morgan fingerprint density at radius 2 is 1.00 bits per heavy atom. The Morgan fingerprint density at radius 3 is 1.73 bits per heavy atom. The van der Waals surface area contributed by atoms with Gasteiger partial charge in [-0.25, -0.2) is 19.9 Å². The molecule has 2 aliphatic carbocycles. The molecule has 302 valence electrons. The van der Waals surface area contributed by atoms with E-state index in [1.54, 1.807) is 0 Å². The minimum absolute atomic E-state index is 0.590. The molecule has 6 heteroatoms. The van der Waals surface area contributed by atoms with Crippen molar-refractivity contribution >= 4 is 55.8 Å². The van der Waals surface area contributed by atoms with Crippen LogP contribution in [0, 0.1) is 0 Å². The van der Waals surface area contributed by atoms with Gasteiger partial charge >= 0.3 is 0 Å². The second kappa shape index (κ2) is 14.7. The van der Waals surface area contributed by atoms with Crippen LogP contribution >= 0.6 is 0 Å². The molecule has 7 aromatic carbocycles. The Balaban J connectivity index is 1.01. The predicted molar refractivity (Wildman–Crippen MR) is 261 cm³/mol. The van der Waals surface area contributed by atoms with E-state index in [2.05, 4.69) is 162 Å². The fraction of sp³-hybridized carbons (Fsp3) is 0.0690. The molecule has 0 radical (unpaired) electrons. The molecule has 0 saturated carbocycles. The molecular formula is C58H39N5O. The summed E-state index contributed by atoms with van der Waals surface area (Å²) in [6.45, 7) is 0. The number of para-hydroxylation sites is 2. The van der Waals surface area contributed by atoms with Crippen molar-refractivity contribution in [2.45, 2.75) is 25.7 Å². The maximum Gasteiger partial charge on any atom is 0.164 e. The molecule has 2 aliphatic rings. The van der Waals surface area contributed by atoms with Crippen LogP contribution < -0.4 is 0 Å². The molecule has 0 atom stereocenters. The standard InChI is InChI=1S/C58H39N5O/c1-3-17-36(18-4-1)52-53-44-27-7-11-29-47(44)59-55(46(53)35-51-54(52)45-28-10-14-32-50(45)64-51)38-21-15-22-39(33-38)57-60-56(37-19-5-2-6-20-37)61-58(62-57)40-23-16-24-41(34-40)63-48-30-12-8-25-42(48)43-26-9-13-31-49(43)63/h1-7,10-24,27-35H,8-9,25-26H2. The van der Waals surface area contributed by atoms with Gasteiger partial charge < -0.3 is 8.98 Å². The largest absolute Gasteiger partial charge is 0.456 e. The summed E-state index contributed by atoms with van der Waals surface area (Å²) >= 11 is 0. The second-order valence-corrected chi connectivity index (χ2v) is 16.7. The molecule has 0 spiro atoms. The van der Waals surface area contributed by atoms with Gasteiger partial charge in [0.25, 0.3) is 0 Å². The van der Waals surface area contributed by atoms with Crippen LogP contribution in [0.15, 0.2) is 180 Å².